The quantitative estimate of drug-likeness (QED) is 0.415. The molecule has 2 N–H and O–H groups in total. The van der Waals surface area contributed by atoms with Crippen LogP contribution in [0.4, 0.5) is 0 Å². The van der Waals surface area contributed by atoms with Crippen molar-refractivity contribution in [2.75, 3.05) is 0 Å². The van der Waals surface area contributed by atoms with Crippen LogP contribution in [-0.4, -0.2) is 46.4 Å². The Labute approximate surface area is 163 Å². The van der Waals surface area contributed by atoms with E-state index in [2.05, 4.69) is 0 Å². The number of hydrogen-bond acceptors (Lipinski definition) is 7. The molecular weight excluding hydrogens is 364 g/mol. The Bertz CT molecular complexity index is 812. The molecule has 6 atom stereocenters. The van der Waals surface area contributed by atoms with E-state index in [0.717, 1.165) is 12.8 Å². The Morgan fingerprint density at radius 2 is 2.11 bits per heavy atom. The van der Waals surface area contributed by atoms with Crippen molar-refractivity contribution in [3.8, 4) is 0 Å². The van der Waals surface area contributed by atoms with Gasteiger partial charge >= 0.3 is 11.9 Å². The summed E-state index contributed by atoms with van der Waals surface area (Å²) < 4.78 is 10.7. The Kier molecular flexibility index (Phi) is 3.98. The number of allylic oxidation sites excluding steroid dienone is 1. The highest BCUT2D eigenvalue weighted by atomic mass is 16.6. The van der Waals surface area contributed by atoms with Crippen LogP contribution in [0.25, 0.3) is 0 Å². The van der Waals surface area contributed by atoms with Crippen molar-refractivity contribution in [2.45, 2.75) is 64.4 Å². The molecule has 0 bridgehead atoms. The fourth-order valence-electron chi connectivity index (χ4n) is 5.97. The number of carbonyl (C=O) groups excluding carboxylic acids is 3. The predicted molar refractivity (Wildman–Crippen MR) is 96.5 cm³/mol. The molecule has 7 nitrogen and oxygen atoms in total. The molecule has 0 amide bonds. The van der Waals surface area contributed by atoms with Crippen LogP contribution in [0.3, 0.4) is 0 Å². The van der Waals surface area contributed by atoms with Gasteiger partial charge in [-0.3, -0.25) is 9.59 Å². The molecular formula is C21H26O7. The third-order valence-electron chi connectivity index (χ3n) is 7.22. The molecule has 7 heteroatoms. The number of cyclic esters (lactones) is 1. The predicted octanol–water partition coefficient (Wildman–Crippen LogP) is 1.42. The lowest BCUT2D eigenvalue weighted by atomic mass is 9.66. The number of hydrogen-bond donors (Lipinski definition) is 2. The second-order valence-electron chi connectivity index (χ2n) is 9.24. The molecule has 4 rings (SSSR count). The van der Waals surface area contributed by atoms with Gasteiger partial charge in [-0.1, -0.05) is 33.3 Å². The molecule has 0 aromatic heterocycles. The van der Waals surface area contributed by atoms with E-state index >= 15 is 0 Å². The molecule has 0 spiro atoms. The van der Waals surface area contributed by atoms with Gasteiger partial charge in [-0.15, -0.1) is 0 Å². The first-order valence-electron chi connectivity index (χ1n) is 9.77. The van der Waals surface area contributed by atoms with Crippen LogP contribution in [-0.2, 0) is 23.9 Å². The van der Waals surface area contributed by atoms with Gasteiger partial charge in [0.25, 0.3) is 0 Å². The maximum Gasteiger partial charge on any atom is 0.330 e. The van der Waals surface area contributed by atoms with E-state index in [1.165, 1.54) is 12.2 Å². The number of ether oxygens (including phenoxy) is 2. The van der Waals surface area contributed by atoms with Gasteiger partial charge in [0.1, 0.15) is 18.0 Å². The molecule has 1 heterocycles. The van der Waals surface area contributed by atoms with E-state index in [4.69, 9.17) is 9.47 Å². The summed E-state index contributed by atoms with van der Waals surface area (Å²) in [7, 11) is 0. The average Bonchev–Trinajstić information content (AvgIpc) is 3.24. The van der Waals surface area contributed by atoms with E-state index in [0.29, 0.717) is 12.7 Å². The zero-order valence-electron chi connectivity index (χ0n) is 16.3. The van der Waals surface area contributed by atoms with Crippen molar-refractivity contribution in [2.24, 2.45) is 22.2 Å². The van der Waals surface area contributed by atoms with E-state index in [9.17, 15) is 24.6 Å². The van der Waals surface area contributed by atoms with Crippen molar-refractivity contribution >= 4 is 18.2 Å². The molecule has 3 fully saturated rings. The van der Waals surface area contributed by atoms with Crippen LogP contribution in [0.1, 0.15) is 46.5 Å². The van der Waals surface area contributed by atoms with Crippen LogP contribution in [0.15, 0.2) is 23.8 Å². The van der Waals surface area contributed by atoms with Crippen molar-refractivity contribution < 1.29 is 34.1 Å². The van der Waals surface area contributed by atoms with Gasteiger partial charge in [0.05, 0.1) is 10.8 Å². The lowest BCUT2D eigenvalue weighted by Gasteiger charge is -2.40. The standard InChI is InChI=1S/C21H26O7/c1-4-5-6-7-14(23)27-15-18(2,3)9-13-20-11-19(20,16(24)28-17(20)25)12(10-22)8-21(13,15)26/h6-8,10,13,15-16,24,26H,4-5,9,11H2,1-3H3. The van der Waals surface area contributed by atoms with Crippen molar-refractivity contribution in [3.63, 3.8) is 0 Å². The SMILES string of the molecule is CCCC=CC(=O)OC1C(C)(C)CC2C1(O)C=C(C=O)C13CC21C(=O)OC3O. The molecule has 1 saturated heterocycles. The molecule has 152 valence electrons. The number of esters is 2. The van der Waals surface area contributed by atoms with Crippen LogP contribution in [0, 0.1) is 22.2 Å². The highest BCUT2D eigenvalue weighted by molar-refractivity contribution is 5.94. The molecule has 4 aliphatic rings. The number of rotatable bonds is 5. The lowest BCUT2D eigenvalue weighted by Crippen LogP contribution is -2.53. The fraction of sp³-hybridized carbons (Fsp3) is 0.667. The number of unbranched alkanes of at least 4 members (excludes halogenated alkanes) is 1. The third kappa shape index (κ3) is 2.09. The number of fused-ring (bicyclic) bond motifs is 1. The summed E-state index contributed by atoms with van der Waals surface area (Å²) in [5, 5.41) is 22.0. The van der Waals surface area contributed by atoms with Gasteiger partial charge in [-0.25, -0.2) is 4.79 Å². The molecule has 1 aliphatic heterocycles. The van der Waals surface area contributed by atoms with Gasteiger partial charge in [0.2, 0.25) is 6.29 Å². The zero-order chi connectivity index (χ0) is 20.5. The molecule has 0 aromatic rings. The summed E-state index contributed by atoms with van der Waals surface area (Å²) in [5.41, 5.74) is -4.43. The van der Waals surface area contributed by atoms with E-state index in [-0.39, 0.29) is 12.0 Å². The summed E-state index contributed by atoms with van der Waals surface area (Å²) in [4.78, 5) is 36.8. The largest absolute Gasteiger partial charge is 0.455 e. The lowest BCUT2D eigenvalue weighted by molar-refractivity contribution is -0.169. The normalized spacial score (nSPS) is 45.0. The summed E-state index contributed by atoms with van der Waals surface area (Å²) in [6.07, 6.45) is 4.96. The van der Waals surface area contributed by atoms with E-state index < -0.39 is 52.1 Å². The minimum atomic E-state index is -1.68. The van der Waals surface area contributed by atoms with Gasteiger partial charge in [0.15, 0.2) is 0 Å². The molecule has 0 radical (unpaired) electrons. The Balaban J connectivity index is 1.75. The number of aldehydes is 1. The van der Waals surface area contributed by atoms with Crippen LogP contribution in [0.2, 0.25) is 0 Å². The summed E-state index contributed by atoms with van der Waals surface area (Å²) >= 11 is 0. The highest BCUT2D eigenvalue weighted by Crippen LogP contribution is 2.82. The maximum atomic E-state index is 12.7. The maximum absolute atomic E-state index is 12.7. The van der Waals surface area contributed by atoms with Gasteiger partial charge in [0, 0.05) is 23.0 Å². The molecule has 6 unspecified atom stereocenters. The first-order chi connectivity index (χ1) is 13.1. The van der Waals surface area contributed by atoms with E-state index in [1.807, 2.05) is 20.8 Å². The number of aliphatic hydroxyl groups excluding tert-OH is 1. The van der Waals surface area contributed by atoms with Crippen molar-refractivity contribution in [1.82, 2.24) is 0 Å². The van der Waals surface area contributed by atoms with Crippen LogP contribution < -0.4 is 0 Å². The first kappa shape index (κ1) is 19.3. The second kappa shape index (κ2) is 5.76. The summed E-state index contributed by atoms with van der Waals surface area (Å²) in [5.74, 6) is -1.77. The molecule has 3 aliphatic carbocycles. The summed E-state index contributed by atoms with van der Waals surface area (Å²) in [6, 6.07) is 0. The van der Waals surface area contributed by atoms with Gasteiger partial charge in [-0.2, -0.15) is 0 Å². The number of aliphatic hydroxyl groups is 2. The Hall–Kier alpha value is -1.99. The van der Waals surface area contributed by atoms with Crippen molar-refractivity contribution in [1.29, 1.82) is 0 Å². The Morgan fingerprint density at radius 1 is 1.39 bits per heavy atom. The van der Waals surface area contributed by atoms with Crippen LogP contribution in [0.5, 0.6) is 0 Å². The molecule has 2 saturated carbocycles. The number of carbonyl (C=O) groups is 3. The average molecular weight is 390 g/mol. The molecule has 28 heavy (non-hydrogen) atoms. The topological polar surface area (TPSA) is 110 Å². The Morgan fingerprint density at radius 3 is 2.75 bits per heavy atom. The first-order valence-corrected chi connectivity index (χ1v) is 9.77. The monoisotopic (exact) mass is 390 g/mol. The minimum absolute atomic E-state index is 0.143. The molecule has 0 aromatic carbocycles. The summed E-state index contributed by atoms with van der Waals surface area (Å²) in [6.45, 7) is 5.72. The van der Waals surface area contributed by atoms with Gasteiger partial charge < -0.3 is 19.7 Å². The zero-order valence-corrected chi connectivity index (χ0v) is 16.3. The van der Waals surface area contributed by atoms with Gasteiger partial charge in [-0.05, 0) is 25.3 Å². The smallest absolute Gasteiger partial charge is 0.330 e. The van der Waals surface area contributed by atoms with Crippen molar-refractivity contribution in [3.05, 3.63) is 23.8 Å². The fourth-order valence-corrected chi connectivity index (χ4v) is 5.97. The van der Waals surface area contributed by atoms with Crippen LogP contribution >= 0.6 is 0 Å². The highest BCUT2D eigenvalue weighted by Gasteiger charge is 2.90. The second-order valence-corrected chi connectivity index (χ2v) is 9.24. The minimum Gasteiger partial charge on any atom is -0.455 e. The third-order valence-corrected chi connectivity index (χ3v) is 7.22. The van der Waals surface area contributed by atoms with E-state index in [1.54, 1.807) is 6.08 Å².